The molecule has 1 aliphatic rings. The summed E-state index contributed by atoms with van der Waals surface area (Å²) in [7, 11) is 1.45. The monoisotopic (exact) mass is 432 g/mol. The second kappa shape index (κ2) is 9.49. The molecule has 8 nitrogen and oxygen atoms in total. The molecule has 1 saturated heterocycles. The number of hydrogen-bond acceptors (Lipinski definition) is 6. The van der Waals surface area contributed by atoms with E-state index in [9.17, 15) is 14.4 Å². The number of hydrogen-bond donors (Lipinski definition) is 1. The number of nitrogens with zero attached hydrogens (tertiary/aromatic N) is 1. The summed E-state index contributed by atoms with van der Waals surface area (Å²) < 4.78 is 16.3. The Balaban J connectivity index is 1.66. The number of carbonyl (C=O) groups excluding carboxylic acids is 3. The lowest BCUT2D eigenvalue weighted by Gasteiger charge is -2.18. The van der Waals surface area contributed by atoms with E-state index in [0.717, 1.165) is 10.5 Å². The van der Waals surface area contributed by atoms with Crippen LogP contribution in [0, 0.1) is 0 Å². The number of halogens is 1. The van der Waals surface area contributed by atoms with Gasteiger partial charge in [-0.2, -0.15) is 0 Å². The average Bonchev–Trinajstić information content (AvgIpc) is 3.18. The number of imide groups is 1. The van der Waals surface area contributed by atoms with Crippen LogP contribution in [0.15, 0.2) is 42.5 Å². The fraction of sp³-hybridized carbons (Fsp3) is 0.286. The summed E-state index contributed by atoms with van der Waals surface area (Å²) in [5, 5.41) is 3.11. The molecule has 0 radical (unpaired) electrons. The number of rotatable bonds is 7. The summed E-state index contributed by atoms with van der Waals surface area (Å²) >= 11 is 6.13. The Bertz CT molecular complexity index is 964. The van der Waals surface area contributed by atoms with Crippen molar-refractivity contribution in [2.75, 3.05) is 20.2 Å². The van der Waals surface area contributed by atoms with Crippen molar-refractivity contribution < 1.29 is 28.6 Å². The highest BCUT2D eigenvalue weighted by Gasteiger charge is 2.31. The molecule has 0 aliphatic carbocycles. The molecular weight excluding hydrogens is 412 g/mol. The maximum atomic E-state index is 12.5. The molecule has 30 heavy (non-hydrogen) atoms. The van der Waals surface area contributed by atoms with E-state index in [1.54, 1.807) is 12.1 Å². The molecule has 0 spiro atoms. The van der Waals surface area contributed by atoms with Crippen molar-refractivity contribution in [1.82, 2.24) is 10.2 Å². The molecule has 1 heterocycles. The normalized spacial score (nSPS) is 14.1. The van der Waals surface area contributed by atoms with Crippen LogP contribution in [-0.2, 0) is 16.1 Å². The van der Waals surface area contributed by atoms with E-state index < -0.39 is 24.0 Å². The summed E-state index contributed by atoms with van der Waals surface area (Å²) in [6.45, 7) is 2.26. The smallest absolute Gasteiger partial charge is 0.339 e. The molecule has 0 saturated carbocycles. The van der Waals surface area contributed by atoms with Crippen molar-refractivity contribution in [3.8, 4) is 11.5 Å². The number of benzene rings is 2. The van der Waals surface area contributed by atoms with Gasteiger partial charge in [0.25, 0.3) is 5.91 Å². The molecule has 1 N–H and O–H groups in total. The number of nitrogens with one attached hydrogen (secondary N) is 1. The minimum atomic E-state index is -1.11. The first-order valence-corrected chi connectivity index (χ1v) is 9.63. The predicted molar refractivity (Wildman–Crippen MR) is 109 cm³/mol. The number of esters is 1. The third kappa shape index (κ3) is 4.83. The van der Waals surface area contributed by atoms with Crippen molar-refractivity contribution in [3.63, 3.8) is 0 Å². The highest BCUT2D eigenvalue weighted by Crippen LogP contribution is 2.30. The number of carbonyl (C=O) groups is 3. The van der Waals surface area contributed by atoms with E-state index in [1.807, 2.05) is 18.2 Å². The minimum Gasteiger partial charge on any atom is -0.493 e. The van der Waals surface area contributed by atoms with E-state index >= 15 is 0 Å². The zero-order chi connectivity index (χ0) is 21.7. The molecule has 2 aromatic carbocycles. The number of ether oxygens (including phenoxy) is 3. The van der Waals surface area contributed by atoms with Gasteiger partial charge >= 0.3 is 12.0 Å². The zero-order valence-corrected chi connectivity index (χ0v) is 17.3. The van der Waals surface area contributed by atoms with Crippen LogP contribution in [0.1, 0.15) is 22.8 Å². The van der Waals surface area contributed by atoms with Crippen molar-refractivity contribution >= 4 is 29.5 Å². The van der Waals surface area contributed by atoms with Crippen molar-refractivity contribution in [2.24, 2.45) is 0 Å². The van der Waals surface area contributed by atoms with Gasteiger partial charge < -0.3 is 19.5 Å². The molecule has 1 fully saturated rings. The first-order chi connectivity index (χ1) is 14.4. The van der Waals surface area contributed by atoms with Gasteiger partial charge in [-0.25, -0.2) is 9.59 Å². The van der Waals surface area contributed by atoms with Gasteiger partial charge in [-0.1, -0.05) is 29.8 Å². The van der Waals surface area contributed by atoms with Crippen LogP contribution in [0.2, 0.25) is 5.02 Å². The zero-order valence-electron chi connectivity index (χ0n) is 16.5. The minimum absolute atomic E-state index is 0.183. The Morgan fingerprint density at radius 2 is 1.97 bits per heavy atom. The predicted octanol–water partition coefficient (Wildman–Crippen LogP) is 3.02. The highest BCUT2D eigenvalue weighted by molar-refractivity contribution is 6.31. The van der Waals surface area contributed by atoms with Gasteiger partial charge in [0.1, 0.15) is 6.61 Å². The summed E-state index contributed by atoms with van der Waals surface area (Å²) in [5.74, 6) is -0.544. The lowest BCUT2D eigenvalue weighted by molar-refractivity contribution is -0.136. The first kappa shape index (κ1) is 21.4. The van der Waals surface area contributed by atoms with Crippen LogP contribution in [0.4, 0.5) is 4.79 Å². The fourth-order valence-corrected chi connectivity index (χ4v) is 3.06. The van der Waals surface area contributed by atoms with Crippen LogP contribution in [0.3, 0.4) is 0 Å². The van der Waals surface area contributed by atoms with Crippen molar-refractivity contribution in [3.05, 3.63) is 58.6 Å². The van der Waals surface area contributed by atoms with E-state index in [2.05, 4.69) is 5.32 Å². The molecule has 9 heteroatoms. The summed E-state index contributed by atoms with van der Waals surface area (Å²) in [6.07, 6.45) is -1.11. The van der Waals surface area contributed by atoms with Gasteiger partial charge in [0.2, 0.25) is 0 Å². The Morgan fingerprint density at radius 1 is 1.20 bits per heavy atom. The van der Waals surface area contributed by atoms with Crippen LogP contribution in [-0.4, -0.2) is 49.1 Å². The third-order valence-electron chi connectivity index (χ3n) is 4.49. The van der Waals surface area contributed by atoms with E-state index in [4.69, 9.17) is 25.8 Å². The first-order valence-electron chi connectivity index (χ1n) is 9.25. The molecule has 0 aromatic heterocycles. The van der Waals surface area contributed by atoms with Crippen molar-refractivity contribution in [2.45, 2.75) is 19.6 Å². The Labute approximate surface area is 178 Å². The Kier molecular flexibility index (Phi) is 6.79. The van der Waals surface area contributed by atoms with Gasteiger partial charge in [-0.15, -0.1) is 0 Å². The SMILES string of the molecule is COc1cc(C(=O)OC(C)C(=O)N2CCNC2=O)ccc1OCc1ccccc1Cl. The van der Waals surface area contributed by atoms with Gasteiger partial charge in [-0.3, -0.25) is 9.69 Å². The van der Waals surface area contributed by atoms with Gasteiger partial charge in [0.05, 0.1) is 12.7 Å². The molecule has 1 aliphatic heterocycles. The van der Waals surface area contributed by atoms with Crippen molar-refractivity contribution in [1.29, 1.82) is 0 Å². The molecule has 0 bridgehead atoms. The molecule has 1 atom stereocenters. The van der Waals surface area contributed by atoms with Gasteiger partial charge in [-0.05, 0) is 31.2 Å². The number of amides is 3. The molecule has 2 aromatic rings. The second-order valence-electron chi connectivity index (χ2n) is 6.52. The summed E-state index contributed by atoms with van der Waals surface area (Å²) in [6, 6.07) is 11.3. The van der Waals surface area contributed by atoms with Crippen LogP contribution in [0.5, 0.6) is 11.5 Å². The maximum absolute atomic E-state index is 12.5. The van der Waals surface area contributed by atoms with Gasteiger partial charge in [0.15, 0.2) is 17.6 Å². The number of urea groups is 1. The molecule has 3 amide bonds. The summed E-state index contributed by atoms with van der Waals surface area (Å²) in [4.78, 5) is 37.3. The van der Waals surface area contributed by atoms with E-state index in [1.165, 1.54) is 26.2 Å². The van der Waals surface area contributed by atoms with Crippen LogP contribution < -0.4 is 14.8 Å². The Morgan fingerprint density at radius 3 is 2.63 bits per heavy atom. The molecule has 3 rings (SSSR count). The van der Waals surface area contributed by atoms with E-state index in [0.29, 0.717) is 23.1 Å². The average molecular weight is 433 g/mol. The third-order valence-corrected chi connectivity index (χ3v) is 4.86. The standard InChI is InChI=1S/C21H21ClN2O6/c1-13(19(25)24-10-9-23-21(24)27)30-20(26)14-7-8-17(18(11-14)28-2)29-12-15-5-3-4-6-16(15)22/h3-8,11,13H,9-10,12H2,1-2H3,(H,23,27). The summed E-state index contributed by atoms with van der Waals surface area (Å²) in [5.41, 5.74) is 0.991. The lowest BCUT2D eigenvalue weighted by Crippen LogP contribution is -2.41. The van der Waals surface area contributed by atoms with Gasteiger partial charge in [0, 0.05) is 23.7 Å². The maximum Gasteiger partial charge on any atom is 0.339 e. The quantitative estimate of drug-likeness (QED) is 0.676. The topological polar surface area (TPSA) is 94.2 Å². The Hall–Kier alpha value is -3.26. The van der Waals surface area contributed by atoms with E-state index in [-0.39, 0.29) is 18.7 Å². The largest absolute Gasteiger partial charge is 0.493 e. The molecule has 158 valence electrons. The molecule has 1 unspecified atom stereocenters. The lowest BCUT2D eigenvalue weighted by atomic mass is 10.2. The second-order valence-corrected chi connectivity index (χ2v) is 6.92. The van der Waals surface area contributed by atoms with Crippen LogP contribution >= 0.6 is 11.6 Å². The van der Waals surface area contributed by atoms with Crippen LogP contribution in [0.25, 0.3) is 0 Å². The fourth-order valence-electron chi connectivity index (χ4n) is 2.87. The molecular formula is C21H21ClN2O6. The number of methoxy groups -OCH3 is 1. The highest BCUT2D eigenvalue weighted by atomic mass is 35.5.